The normalized spacial score (nSPS) is 14.7. The monoisotopic (exact) mass is 564 g/mol. The van der Waals surface area contributed by atoms with Crippen molar-refractivity contribution in [1.29, 1.82) is 0 Å². The Hall–Kier alpha value is -5.25. The van der Waals surface area contributed by atoms with Crippen molar-refractivity contribution in [2.75, 3.05) is 9.34 Å². The number of hydrogen-bond donors (Lipinski definition) is 0. The Balaban J connectivity index is 1.42. The third-order valence-corrected chi connectivity index (χ3v) is 10.9. The van der Waals surface area contributed by atoms with Crippen molar-refractivity contribution in [3.05, 3.63) is 146 Å². The Morgan fingerprint density at radius 1 is 0.595 bits per heavy atom. The molecule has 42 heavy (non-hydrogen) atoms. The third kappa shape index (κ3) is 3.35. The molecule has 0 saturated carbocycles. The summed E-state index contributed by atoms with van der Waals surface area (Å²) in [4.78, 5) is 0. The van der Waals surface area contributed by atoms with Crippen LogP contribution in [-0.2, 0) is 4.57 Å². The molecule has 0 spiro atoms. The maximum Gasteiger partial charge on any atom is 0.301 e. The molecule has 6 heteroatoms. The van der Waals surface area contributed by atoms with Gasteiger partial charge in [0.25, 0.3) is 0 Å². The van der Waals surface area contributed by atoms with E-state index in [0.29, 0.717) is 5.31 Å². The molecule has 1 aliphatic heterocycles. The molecule has 0 bridgehead atoms. The van der Waals surface area contributed by atoms with Gasteiger partial charge < -0.3 is 8.83 Å². The van der Waals surface area contributed by atoms with E-state index in [-0.39, 0.29) is 0 Å². The number of anilines is 4. The third-order valence-electron chi connectivity index (χ3n) is 7.92. The van der Waals surface area contributed by atoms with Gasteiger partial charge in [-0.15, -0.1) is 0 Å². The molecule has 0 fully saturated rings. The molecule has 3 heterocycles. The average molecular weight is 565 g/mol. The Morgan fingerprint density at radius 3 is 1.52 bits per heavy atom. The zero-order chi connectivity index (χ0) is 28.4. The number of para-hydroxylation sites is 4. The molecular formula is C36H25N2O3P. The predicted octanol–water partition coefficient (Wildman–Crippen LogP) is 11.2. The van der Waals surface area contributed by atoms with Crippen molar-refractivity contribution < 1.29 is 13.4 Å². The second-order valence-corrected chi connectivity index (χ2v) is 12.6. The van der Waals surface area contributed by atoms with Crippen molar-refractivity contribution in [1.82, 2.24) is 0 Å². The van der Waals surface area contributed by atoms with Crippen LogP contribution in [0.4, 0.5) is 22.7 Å². The number of hydrogen-bond acceptors (Lipinski definition) is 3. The summed E-state index contributed by atoms with van der Waals surface area (Å²) in [5.74, 6) is 0. The highest BCUT2D eigenvalue weighted by Crippen LogP contribution is 2.74. The highest BCUT2D eigenvalue weighted by Gasteiger charge is 2.49. The van der Waals surface area contributed by atoms with E-state index in [1.807, 2.05) is 106 Å². The Kier molecular flexibility index (Phi) is 5.34. The minimum absolute atomic E-state index is 0.572. The molecule has 5 aromatic carbocycles. The zero-order valence-corrected chi connectivity index (χ0v) is 23.5. The van der Waals surface area contributed by atoms with Crippen molar-refractivity contribution in [3.63, 3.8) is 0 Å². The SMILES string of the molecule is C=C/C=C(\C=C)P1(=O)N(c2ccc3oc4ccccc4c3c2)c2ccccc2N1c1ccc2oc3ccccc3c2c1. The summed E-state index contributed by atoms with van der Waals surface area (Å²) < 4.78 is 32.1. The van der Waals surface area contributed by atoms with Crippen molar-refractivity contribution in [2.45, 2.75) is 0 Å². The lowest BCUT2D eigenvalue weighted by Crippen LogP contribution is -2.19. The summed E-state index contributed by atoms with van der Waals surface area (Å²) in [6.07, 6.45) is 5.12. The van der Waals surface area contributed by atoms with Crippen LogP contribution in [0.1, 0.15) is 0 Å². The molecule has 202 valence electrons. The Labute approximate surface area is 242 Å². The van der Waals surface area contributed by atoms with E-state index in [0.717, 1.165) is 66.6 Å². The highest BCUT2D eigenvalue weighted by atomic mass is 31.2. The molecule has 0 amide bonds. The van der Waals surface area contributed by atoms with Crippen LogP contribution < -0.4 is 9.34 Å². The van der Waals surface area contributed by atoms with Crippen molar-refractivity contribution >= 4 is 74.1 Å². The van der Waals surface area contributed by atoms with Crippen LogP contribution in [0.3, 0.4) is 0 Å². The number of allylic oxidation sites excluding steroid dienone is 4. The van der Waals surface area contributed by atoms with Gasteiger partial charge in [-0.2, -0.15) is 0 Å². The van der Waals surface area contributed by atoms with E-state index in [1.165, 1.54) is 0 Å². The van der Waals surface area contributed by atoms with Gasteiger partial charge >= 0.3 is 7.44 Å². The molecule has 0 radical (unpaired) electrons. The van der Waals surface area contributed by atoms with Crippen LogP contribution in [0.2, 0.25) is 0 Å². The van der Waals surface area contributed by atoms with Crippen LogP contribution in [0.15, 0.2) is 155 Å². The molecule has 0 aliphatic carbocycles. The van der Waals surface area contributed by atoms with Gasteiger partial charge in [0.05, 0.1) is 28.1 Å². The Bertz CT molecular complexity index is 2160. The fourth-order valence-corrected chi connectivity index (χ4v) is 9.10. The average Bonchev–Trinajstić information content (AvgIpc) is 3.66. The number of nitrogens with zero attached hydrogens (tertiary/aromatic N) is 2. The maximum absolute atomic E-state index is 15.9. The van der Waals surface area contributed by atoms with Crippen LogP contribution >= 0.6 is 7.44 Å². The van der Waals surface area contributed by atoms with Crippen LogP contribution in [0.25, 0.3) is 43.9 Å². The number of fused-ring (bicyclic) bond motifs is 7. The number of benzene rings is 5. The number of rotatable bonds is 5. The maximum atomic E-state index is 15.9. The molecule has 5 nitrogen and oxygen atoms in total. The molecule has 8 rings (SSSR count). The summed E-state index contributed by atoms with van der Waals surface area (Å²) in [5.41, 5.74) is 6.44. The van der Waals surface area contributed by atoms with E-state index < -0.39 is 7.44 Å². The summed E-state index contributed by atoms with van der Waals surface area (Å²) >= 11 is 0. The molecule has 0 unspecified atom stereocenters. The summed E-state index contributed by atoms with van der Waals surface area (Å²) in [6, 6.07) is 35.9. The van der Waals surface area contributed by atoms with Gasteiger partial charge in [-0.25, -0.2) is 0 Å². The van der Waals surface area contributed by atoms with E-state index in [1.54, 1.807) is 18.2 Å². The summed E-state index contributed by atoms with van der Waals surface area (Å²) in [7, 11) is -3.60. The summed E-state index contributed by atoms with van der Waals surface area (Å²) in [5, 5.41) is 4.52. The van der Waals surface area contributed by atoms with Crippen molar-refractivity contribution in [2.24, 2.45) is 0 Å². The molecule has 2 aromatic heterocycles. The van der Waals surface area contributed by atoms with Gasteiger partial charge in [0.2, 0.25) is 0 Å². The topological polar surface area (TPSA) is 49.8 Å². The van der Waals surface area contributed by atoms with E-state index >= 15 is 4.57 Å². The lowest BCUT2D eigenvalue weighted by atomic mass is 10.1. The largest absolute Gasteiger partial charge is 0.456 e. The minimum atomic E-state index is -3.60. The fraction of sp³-hybridized carbons (Fsp3) is 0. The highest BCUT2D eigenvalue weighted by molar-refractivity contribution is 7.73. The molecule has 0 saturated heterocycles. The van der Waals surface area contributed by atoms with Gasteiger partial charge in [0, 0.05) is 21.5 Å². The minimum Gasteiger partial charge on any atom is -0.456 e. The van der Waals surface area contributed by atoms with Gasteiger partial charge in [-0.05, 0) is 66.7 Å². The Morgan fingerprint density at radius 2 is 1.05 bits per heavy atom. The predicted molar refractivity (Wildman–Crippen MR) is 174 cm³/mol. The van der Waals surface area contributed by atoms with Crippen LogP contribution in [-0.4, -0.2) is 0 Å². The first-order chi connectivity index (χ1) is 20.6. The van der Waals surface area contributed by atoms with E-state index in [2.05, 4.69) is 25.3 Å². The van der Waals surface area contributed by atoms with Gasteiger partial charge in [-0.3, -0.25) is 13.9 Å². The van der Waals surface area contributed by atoms with Crippen LogP contribution in [0, 0.1) is 0 Å². The second kappa shape index (κ2) is 9.13. The van der Waals surface area contributed by atoms with E-state index in [9.17, 15) is 0 Å². The van der Waals surface area contributed by atoms with Gasteiger partial charge in [0.1, 0.15) is 22.3 Å². The molecule has 0 atom stereocenters. The lowest BCUT2D eigenvalue weighted by Gasteiger charge is -2.33. The fourth-order valence-electron chi connectivity index (χ4n) is 6.12. The molecule has 7 aromatic rings. The van der Waals surface area contributed by atoms with E-state index in [4.69, 9.17) is 8.83 Å². The molecule has 0 N–H and O–H groups in total. The first-order valence-corrected chi connectivity index (χ1v) is 15.3. The van der Waals surface area contributed by atoms with Gasteiger partial charge in [-0.1, -0.05) is 73.8 Å². The summed E-state index contributed by atoms with van der Waals surface area (Å²) in [6.45, 7) is 8.01. The molecular weight excluding hydrogens is 539 g/mol. The number of furan rings is 2. The van der Waals surface area contributed by atoms with Crippen LogP contribution in [0.5, 0.6) is 0 Å². The molecule has 1 aliphatic rings. The zero-order valence-electron chi connectivity index (χ0n) is 22.6. The quantitative estimate of drug-likeness (QED) is 0.154. The first kappa shape index (κ1) is 24.5. The van der Waals surface area contributed by atoms with Gasteiger partial charge in [0.15, 0.2) is 0 Å². The lowest BCUT2D eigenvalue weighted by molar-refractivity contribution is 0.581. The first-order valence-electron chi connectivity index (χ1n) is 13.7. The standard InChI is InChI=1S/C36H25N2O3P/c1-3-11-26(4-2)42(39)37(24-18-20-35-29(22-24)27-12-5-9-16-33(27)40-35)31-14-7-8-15-32(31)38(42)25-19-21-36-30(23-25)28-13-6-10-17-34(28)41-36/h3-23H,1-2H2/b26-11+. The second-order valence-electron chi connectivity index (χ2n) is 10.2. The smallest absolute Gasteiger partial charge is 0.301 e. The van der Waals surface area contributed by atoms with Crippen molar-refractivity contribution in [3.8, 4) is 0 Å².